The van der Waals surface area contributed by atoms with Crippen LogP contribution in [0.5, 0.6) is 0 Å². The van der Waals surface area contributed by atoms with Crippen molar-refractivity contribution in [1.29, 1.82) is 0 Å². The zero-order chi connectivity index (χ0) is 19.3. The number of nitrogens with one attached hydrogen (secondary N) is 2. The Bertz CT molecular complexity index is 1020. The predicted octanol–water partition coefficient (Wildman–Crippen LogP) is 2.20. The zero-order valence-electron chi connectivity index (χ0n) is 15.2. The molecule has 3 amide bonds. The highest BCUT2D eigenvalue weighted by molar-refractivity contribution is 7.99. The van der Waals surface area contributed by atoms with Gasteiger partial charge in [-0.15, -0.1) is 0 Å². The highest BCUT2D eigenvalue weighted by Gasteiger charge is 2.39. The van der Waals surface area contributed by atoms with Crippen LogP contribution in [0.25, 0.3) is 0 Å². The van der Waals surface area contributed by atoms with E-state index in [1.54, 1.807) is 16.7 Å². The van der Waals surface area contributed by atoms with Crippen LogP contribution >= 0.6 is 11.8 Å². The van der Waals surface area contributed by atoms with E-state index in [2.05, 4.69) is 28.8 Å². The highest BCUT2D eigenvalue weighted by atomic mass is 32.2. The van der Waals surface area contributed by atoms with Crippen LogP contribution in [0.3, 0.4) is 0 Å². The van der Waals surface area contributed by atoms with Gasteiger partial charge in [0, 0.05) is 41.4 Å². The third kappa shape index (κ3) is 2.91. The van der Waals surface area contributed by atoms with Gasteiger partial charge < -0.3 is 10.2 Å². The van der Waals surface area contributed by atoms with E-state index in [1.807, 2.05) is 18.2 Å². The molecular weight excluding hydrogens is 374 g/mol. The molecule has 7 heteroatoms. The summed E-state index contributed by atoms with van der Waals surface area (Å²) in [6.07, 6.45) is 0.645. The Hall–Kier alpha value is -2.64. The van der Waals surface area contributed by atoms with E-state index in [-0.39, 0.29) is 24.1 Å². The van der Waals surface area contributed by atoms with Gasteiger partial charge in [-0.2, -0.15) is 0 Å². The van der Waals surface area contributed by atoms with Crippen molar-refractivity contribution in [3.8, 4) is 0 Å². The lowest BCUT2D eigenvalue weighted by atomic mass is 10.0. The van der Waals surface area contributed by atoms with Gasteiger partial charge in [-0.25, -0.2) is 0 Å². The Morgan fingerprint density at radius 2 is 1.89 bits per heavy atom. The molecule has 142 valence electrons. The molecule has 5 rings (SSSR count). The molecule has 28 heavy (non-hydrogen) atoms. The summed E-state index contributed by atoms with van der Waals surface area (Å²) < 4.78 is 0. The standard InChI is InChI=1S/C21H19N3O3S/c25-19-7-6-17(20(26)23-19)24-11-16-15(21(24)27)2-1-3-18(16)28-14-5-4-12-9-22-10-13(12)8-14/h1-5,8,17,22H,6-7,9-11H2,(H,23,25,26). The second kappa shape index (κ2) is 6.76. The molecule has 0 saturated carbocycles. The number of carbonyl (C=O) groups excluding carboxylic acids is 3. The fourth-order valence-corrected chi connectivity index (χ4v) is 5.15. The first-order chi connectivity index (χ1) is 13.6. The molecule has 1 atom stereocenters. The van der Waals surface area contributed by atoms with Crippen LogP contribution in [0, 0.1) is 0 Å². The average Bonchev–Trinajstić information content (AvgIpc) is 3.27. The van der Waals surface area contributed by atoms with E-state index >= 15 is 0 Å². The minimum Gasteiger partial charge on any atom is -0.322 e. The number of fused-ring (bicyclic) bond motifs is 2. The van der Waals surface area contributed by atoms with Crippen LogP contribution in [0.2, 0.25) is 0 Å². The second-order valence-electron chi connectivity index (χ2n) is 7.32. The summed E-state index contributed by atoms with van der Waals surface area (Å²) in [6.45, 7) is 2.20. The molecule has 3 aliphatic heterocycles. The van der Waals surface area contributed by atoms with Gasteiger partial charge in [-0.3, -0.25) is 19.7 Å². The van der Waals surface area contributed by atoms with Gasteiger partial charge in [0.25, 0.3) is 5.91 Å². The van der Waals surface area contributed by atoms with Crippen molar-refractivity contribution >= 4 is 29.5 Å². The van der Waals surface area contributed by atoms with Gasteiger partial charge in [0.2, 0.25) is 11.8 Å². The van der Waals surface area contributed by atoms with Gasteiger partial charge in [-0.1, -0.05) is 23.9 Å². The maximum Gasteiger partial charge on any atom is 0.255 e. The van der Waals surface area contributed by atoms with Crippen LogP contribution in [-0.4, -0.2) is 28.7 Å². The lowest BCUT2D eigenvalue weighted by Crippen LogP contribution is -2.52. The van der Waals surface area contributed by atoms with Crippen molar-refractivity contribution in [3.63, 3.8) is 0 Å². The first kappa shape index (κ1) is 17.5. The molecular formula is C21H19N3O3S. The second-order valence-corrected chi connectivity index (χ2v) is 8.43. The van der Waals surface area contributed by atoms with Crippen molar-refractivity contribution in [2.75, 3.05) is 0 Å². The van der Waals surface area contributed by atoms with E-state index < -0.39 is 6.04 Å². The number of carbonyl (C=O) groups is 3. The van der Waals surface area contributed by atoms with Crippen LogP contribution in [-0.2, 0) is 29.2 Å². The first-order valence-electron chi connectivity index (χ1n) is 9.37. The van der Waals surface area contributed by atoms with Gasteiger partial charge in [0.15, 0.2) is 0 Å². The number of amides is 3. The molecule has 2 aromatic rings. The number of benzene rings is 2. The van der Waals surface area contributed by atoms with Gasteiger partial charge in [0.1, 0.15) is 6.04 Å². The Morgan fingerprint density at radius 1 is 1.04 bits per heavy atom. The normalized spacial score (nSPS) is 20.9. The molecule has 0 spiro atoms. The highest BCUT2D eigenvalue weighted by Crippen LogP contribution is 2.38. The molecule has 1 saturated heterocycles. The fraction of sp³-hybridized carbons (Fsp3) is 0.286. The summed E-state index contributed by atoms with van der Waals surface area (Å²) in [5.41, 5.74) is 4.26. The van der Waals surface area contributed by atoms with Crippen LogP contribution in [0.15, 0.2) is 46.2 Å². The van der Waals surface area contributed by atoms with Gasteiger partial charge in [0.05, 0.1) is 0 Å². The molecule has 3 heterocycles. The molecule has 2 aromatic carbocycles. The first-order valence-corrected chi connectivity index (χ1v) is 10.2. The molecule has 6 nitrogen and oxygen atoms in total. The Morgan fingerprint density at radius 3 is 2.75 bits per heavy atom. The molecule has 2 N–H and O–H groups in total. The van der Waals surface area contributed by atoms with Crippen molar-refractivity contribution < 1.29 is 14.4 Å². The summed E-state index contributed by atoms with van der Waals surface area (Å²) in [5, 5.41) is 5.70. The van der Waals surface area contributed by atoms with E-state index in [4.69, 9.17) is 0 Å². The summed E-state index contributed by atoms with van der Waals surface area (Å²) >= 11 is 1.65. The van der Waals surface area contributed by atoms with E-state index in [0.717, 1.165) is 28.4 Å². The third-order valence-electron chi connectivity index (χ3n) is 5.58. The summed E-state index contributed by atoms with van der Waals surface area (Å²) in [6, 6.07) is 11.6. The van der Waals surface area contributed by atoms with Gasteiger partial charge >= 0.3 is 0 Å². The predicted molar refractivity (Wildman–Crippen MR) is 104 cm³/mol. The van der Waals surface area contributed by atoms with Crippen molar-refractivity contribution in [2.45, 2.75) is 48.3 Å². The maximum absolute atomic E-state index is 12.9. The molecule has 0 radical (unpaired) electrons. The van der Waals surface area contributed by atoms with E-state index in [9.17, 15) is 14.4 Å². The quantitative estimate of drug-likeness (QED) is 0.782. The summed E-state index contributed by atoms with van der Waals surface area (Å²) in [4.78, 5) is 40.4. The molecule has 0 aromatic heterocycles. The van der Waals surface area contributed by atoms with Gasteiger partial charge in [-0.05, 0) is 47.4 Å². The van der Waals surface area contributed by atoms with E-state index in [0.29, 0.717) is 18.5 Å². The molecule has 0 bridgehead atoms. The number of piperidine rings is 1. The lowest BCUT2D eigenvalue weighted by molar-refractivity contribution is -0.136. The topological polar surface area (TPSA) is 78.5 Å². The Labute approximate surface area is 166 Å². The van der Waals surface area contributed by atoms with Crippen molar-refractivity contribution in [2.24, 2.45) is 0 Å². The van der Waals surface area contributed by atoms with Crippen LogP contribution in [0.4, 0.5) is 0 Å². The third-order valence-corrected chi connectivity index (χ3v) is 6.67. The smallest absolute Gasteiger partial charge is 0.255 e. The summed E-state index contributed by atoms with van der Waals surface area (Å²) in [7, 11) is 0. The number of hydrogen-bond donors (Lipinski definition) is 2. The Balaban J connectivity index is 1.42. The SMILES string of the molecule is O=C1CCC(N2Cc3c(Sc4ccc5c(c4)CNC5)cccc3C2=O)C(=O)N1. The number of imide groups is 1. The number of nitrogens with zero attached hydrogens (tertiary/aromatic N) is 1. The largest absolute Gasteiger partial charge is 0.322 e. The molecule has 3 aliphatic rings. The monoisotopic (exact) mass is 393 g/mol. The lowest BCUT2D eigenvalue weighted by Gasteiger charge is -2.29. The average molecular weight is 393 g/mol. The fourth-order valence-electron chi connectivity index (χ4n) is 4.11. The number of rotatable bonds is 3. The maximum atomic E-state index is 12.9. The van der Waals surface area contributed by atoms with Crippen LogP contribution < -0.4 is 10.6 Å². The van der Waals surface area contributed by atoms with E-state index in [1.165, 1.54) is 11.1 Å². The van der Waals surface area contributed by atoms with Crippen molar-refractivity contribution in [3.05, 3.63) is 58.7 Å². The molecule has 0 aliphatic carbocycles. The zero-order valence-corrected chi connectivity index (χ0v) is 16.0. The molecule has 1 unspecified atom stereocenters. The Kier molecular flexibility index (Phi) is 4.21. The van der Waals surface area contributed by atoms with Crippen molar-refractivity contribution in [1.82, 2.24) is 15.5 Å². The minimum absolute atomic E-state index is 0.134. The van der Waals surface area contributed by atoms with Crippen LogP contribution in [0.1, 0.15) is 39.9 Å². The molecule has 1 fully saturated rings. The minimum atomic E-state index is -0.582. The number of hydrogen-bond acceptors (Lipinski definition) is 5. The summed E-state index contributed by atoms with van der Waals surface area (Å²) in [5.74, 6) is -0.782.